The molecule has 142 valence electrons. The van der Waals surface area contributed by atoms with Gasteiger partial charge in [-0.15, -0.1) is 17.0 Å². The molecule has 1 heterocycles. The van der Waals surface area contributed by atoms with Gasteiger partial charge in [-0.1, -0.05) is 23.4 Å². The van der Waals surface area contributed by atoms with Crippen molar-refractivity contribution in [1.82, 2.24) is 0 Å². The minimum atomic E-state index is -0.484. The fourth-order valence-corrected chi connectivity index (χ4v) is 3.60. The first-order valence-corrected chi connectivity index (χ1v) is 9.39. The van der Waals surface area contributed by atoms with Crippen LogP contribution in [0.4, 0.5) is 11.4 Å². The zero-order chi connectivity index (χ0) is 18.5. The molecule has 0 N–H and O–H groups in total. The zero-order valence-corrected chi connectivity index (χ0v) is 17.5. The van der Waals surface area contributed by atoms with Crippen LogP contribution < -0.4 is 4.90 Å². The summed E-state index contributed by atoms with van der Waals surface area (Å²) in [6.45, 7) is 0.837. The highest BCUT2D eigenvalue weighted by atomic mass is 79.9. The topological polar surface area (TPSA) is 75.8 Å². The highest BCUT2D eigenvalue weighted by Gasteiger charge is 2.21. The minimum absolute atomic E-state index is 0. The first kappa shape index (κ1) is 21.4. The Morgan fingerprint density at radius 3 is 2.41 bits per heavy atom. The van der Waals surface area contributed by atoms with Crippen LogP contribution in [0.5, 0.6) is 0 Å². The van der Waals surface area contributed by atoms with Crippen LogP contribution in [0.25, 0.3) is 0 Å². The second-order valence-electron chi connectivity index (χ2n) is 5.66. The van der Waals surface area contributed by atoms with Crippen LogP contribution in [0.2, 0.25) is 5.02 Å². The molecular weight excluding hydrogens is 454 g/mol. The minimum Gasteiger partial charge on any atom is -0.313 e. The molecule has 0 unspecified atom stereocenters. The van der Waals surface area contributed by atoms with Gasteiger partial charge in [0.2, 0.25) is 0 Å². The summed E-state index contributed by atoms with van der Waals surface area (Å²) in [5.41, 5.74) is 1.22. The van der Waals surface area contributed by atoms with Gasteiger partial charge in [0, 0.05) is 40.7 Å². The van der Waals surface area contributed by atoms with Crippen molar-refractivity contribution in [2.45, 2.75) is 6.42 Å². The molecule has 0 spiro atoms. The SMILES string of the molecule is Br.O=C(CN(C1=NCCCS1)c1ccc(Cl)cc1)c1ccc([N+](=O)[O-])cc1. The Morgan fingerprint density at radius 2 is 1.85 bits per heavy atom. The first-order valence-electron chi connectivity index (χ1n) is 8.02. The van der Waals surface area contributed by atoms with Crippen molar-refractivity contribution in [1.29, 1.82) is 0 Å². The molecule has 2 aromatic rings. The number of nitro groups is 1. The Labute approximate surface area is 176 Å². The van der Waals surface area contributed by atoms with Gasteiger partial charge in [-0.2, -0.15) is 0 Å². The van der Waals surface area contributed by atoms with Gasteiger partial charge in [0.25, 0.3) is 5.69 Å². The number of non-ortho nitro benzene ring substituents is 1. The molecule has 9 heteroatoms. The molecule has 27 heavy (non-hydrogen) atoms. The van der Waals surface area contributed by atoms with Gasteiger partial charge >= 0.3 is 0 Å². The van der Waals surface area contributed by atoms with Crippen molar-refractivity contribution >= 4 is 62.7 Å². The second kappa shape index (κ2) is 9.87. The summed E-state index contributed by atoms with van der Waals surface area (Å²) < 4.78 is 0. The summed E-state index contributed by atoms with van der Waals surface area (Å²) in [6, 6.07) is 12.9. The van der Waals surface area contributed by atoms with Gasteiger partial charge in [0.15, 0.2) is 11.0 Å². The summed E-state index contributed by atoms with van der Waals surface area (Å²) in [4.78, 5) is 29.4. The van der Waals surface area contributed by atoms with Gasteiger partial charge in [-0.3, -0.25) is 19.9 Å². The lowest BCUT2D eigenvalue weighted by Crippen LogP contribution is -2.35. The number of aliphatic imine (C=N–C) groups is 1. The number of anilines is 1. The smallest absolute Gasteiger partial charge is 0.269 e. The standard InChI is InChI=1S/C18H16ClN3O3S.BrH/c19-14-4-8-15(9-5-14)21(18-20-10-1-11-26-18)12-17(23)13-2-6-16(7-3-13)22(24)25;/h2-9H,1,10-12H2;1H. The van der Waals surface area contributed by atoms with Crippen LogP contribution in [0.15, 0.2) is 53.5 Å². The molecule has 0 aliphatic carbocycles. The average molecular weight is 471 g/mol. The lowest BCUT2D eigenvalue weighted by atomic mass is 10.1. The van der Waals surface area contributed by atoms with Gasteiger partial charge < -0.3 is 4.90 Å². The number of hydrogen-bond acceptors (Lipinski definition) is 6. The predicted molar refractivity (Wildman–Crippen MR) is 116 cm³/mol. The number of nitrogens with zero attached hydrogens (tertiary/aromatic N) is 3. The molecule has 0 saturated heterocycles. The lowest BCUT2D eigenvalue weighted by Gasteiger charge is -2.27. The van der Waals surface area contributed by atoms with E-state index in [4.69, 9.17) is 11.6 Å². The largest absolute Gasteiger partial charge is 0.313 e. The fraction of sp³-hybridized carbons (Fsp3) is 0.222. The molecular formula is C18H17BrClN3O3S. The molecule has 2 aromatic carbocycles. The van der Waals surface area contributed by atoms with Crippen LogP contribution in [0.1, 0.15) is 16.8 Å². The van der Waals surface area contributed by atoms with E-state index in [0.717, 1.165) is 29.6 Å². The number of halogens is 2. The molecule has 0 saturated carbocycles. The molecule has 1 aliphatic heterocycles. The number of amidine groups is 1. The van der Waals surface area contributed by atoms with E-state index in [0.29, 0.717) is 10.6 Å². The number of rotatable bonds is 5. The molecule has 0 fully saturated rings. The molecule has 1 aliphatic rings. The fourth-order valence-electron chi connectivity index (χ4n) is 2.51. The number of carbonyl (C=O) groups is 1. The summed E-state index contributed by atoms with van der Waals surface area (Å²) in [5.74, 6) is 0.818. The van der Waals surface area contributed by atoms with Gasteiger partial charge in [-0.25, -0.2) is 0 Å². The molecule has 0 aromatic heterocycles. The van der Waals surface area contributed by atoms with Crippen molar-refractivity contribution in [3.63, 3.8) is 0 Å². The van der Waals surface area contributed by atoms with E-state index >= 15 is 0 Å². The molecule has 6 nitrogen and oxygen atoms in total. The highest BCUT2D eigenvalue weighted by molar-refractivity contribution is 8.93. The maximum Gasteiger partial charge on any atom is 0.269 e. The maximum absolute atomic E-state index is 12.7. The van der Waals surface area contributed by atoms with E-state index in [9.17, 15) is 14.9 Å². The van der Waals surface area contributed by atoms with E-state index in [-0.39, 0.29) is 35.0 Å². The summed E-state index contributed by atoms with van der Waals surface area (Å²) in [5, 5.41) is 12.2. The van der Waals surface area contributed by atoms with Gasteiger partial charge in [0.05, 0.1) is 11.5 Å². The second-order valence-corrected chi connectivity index (χ2v) is 7.15. The molecule has 0 radical (unpaired) electrons. The van der Waals surface area contributed by atoms with Crippen LogP contribution in [-0.2, 0) is 0 Å². The van der Waals surface area contributed by atoms with Gasteiger partial charge in [-0.05, 0) is 42.8 Å². The number of thioether (sulfide) groups is 1. The molecule has 0 amide bonds. The zero-order valence-electron chi connectivity index (χ0n) is 14.2. The number of ketones is 1. The Hall–Kier alpha value is -1.90. The average Bonchev–Trinajstić information content (AvgIpc) is 2.67. The van der Waals surface area contributed by atoms with Gasteiger partial charge in [0.1, 0.15) is 0 Å². The van der Waals surface area contributed by atoms with E-state index in [1.807, 2.05) is 17.0 Å². The number of carbonyl (C=O) groups excluding carboxylic acids is 1. The number of hydrogen-bond donors (Lipinski definition) is 0. The van der Waals surface area contributed by atoms with Crippen molar-refractivity contribution in [3.8, 4) is 0 Å². The Morgan fingerprint density at radius 1 is 1.19 bits per heavy atom. The molecule has 0 bridgehead atoms. The quantitative estimate of drug-likeness (QED) is 0.349. The van der Waals surface area contributed by atoms with Crippen molar-refractivity contribution in [2.24, 2.45) is 4.99 Å². The first-order chi connectivity index (χ1) is 12.5. The maximum atomic E-state index is 12.7. The third-order valence-electron chi connectivity index (χ3n) is 3.85. The van der Waals surface area contributed by atoms with Crippen LogP contribution in [0, 0.1) is 10.1 Å². The Bertz CT molecular complexity index is 844. The van der Waals surface area contributed by atoms with Crippen LogP contribution in [0.3, 0.4) is 0 Å². The lowest BCUT2D eigenvalue weighted by molar-refractivity contribution is -0.384. The summed E-state index contributed by atoms with van der Waals surface area (Å²) in [6.07, 6.45) is 1.01. The van der Waals surface area contributed by atoms with Crippen LogP contribution >= 0.6 is 40.3 Å². The van der Waals surface area contributed by atoms with E-state index in [1.54, 1.807) is 23.9 Å². The number of nitro benzene ring substituents is 1. The third kappa shape index (κ3) is 5.54. The third-order valence-corrected chi connectivity index (χ3v) is 5.20. The number of Topliss-reactive ketones (excluding diaryl/α,β-unsaturated/α-hetero) is 1. The van der Waals surface area contributed by atoms with E-state index in [2.05, 4.69) is 4.99 Å². The number of benzene rings is 2. The van der Waals surface area contributed by atoms with Crippen molar-refractivity contribution in [3.05, 3.63) is 69.2 Å². The monoisotopic (exact) mass is 469 g/mol. The normalized spacial score (nSPS) is 13.3. The summed E-state index contributed by atoms with van der Waals surface area (Å²) in [7, 11) is 0. The van der Waals surface area contributed by atoms with E-state index < -0.39 is 4.92 Å². The van der Waals surface area contributed by atoms with Crippen molar-refractivity contribution in [2.75, 3.05) is 23.7 Å². The summed E-state index contributed by atoms with van der Waals surface area (Å²) >= 11 is 7.58. The Balaban J connectivity index is 0.00000261. The van der Waals surface area contributed by atoms with E-state index in [1.165, 1.54) is 24.3 Å². The molecule has 3 rings (SSSR count). The predicted octanol–water partition coefficient (Wildman–Crippen LogP) is 5.01. The highest BCUT2D eigenvalue weighted by Crippen LogP contribution is 2.25. The van der Waals surface area contributed by atoms with Crippen molar-refractivity contribution < 1.29 is 9.72 Å². The van der Waals surface area contributed by atoms with Crippen LogP contribution in [-0.4, -0.2) is 34.7 Å². The Kier molecular flexibility index (Phi) is 7.82. The molecule has 0 atom stereocenters.